The highest BCUT2D eigenvalue weighted by Crippen LogP contribution is 2.40. The number of ether oxygens (including phenoxy) is 1. The summed E-state index contributed by atoms with van der Waals surface area (Å²) in [7, 11) is 0. The molecular weight excluding hydrogens is 372 g/mol. The second-order valence-corrected chi connectivity index (χ2v) is 7.30. The largest absolute Gasteiger partial charge is 0.477 e. The summed E-state index contributed by atoms with van der Waals surface area (Å²) in [5, 5.41) is 11.9. The van der Waals surface area contributed by atoms with Gasteiger partial charge in [-0.3, -0.25) is 19.3 Å². The number of amides is 2. The van der Waals surface area contributed by atoms with Gasteiger partial charge in [0, 0.05) is 18.2 Å². The van der Waals surface area contributed by atoms with Gasteiger partial charge in [-0.05, 0) is 5.56 Å². The van der Waals surface area contributed by atoms with Crippen LogP contribution in [0.15, 0.2) is 41.6 Å². The number of fused-ring (bicyclic) bond motifs is 1. The molecule has 0 bridgehead atoms. The lowest BCUT2D eigenvalue weighted by Crippen LogP contribution is -2.56. The maximum absolute atomic E-state index is 12.4. The van der Waals surface area contributed by atoms with Gasteiger partial charge in [-0.25, -0.2) is 4.79 Å². The molecule has 2 heterocycles. The molecule has 3 rings (SSSR count). The van der Waals surface area contributed by atoms with E-state index in [1.54, 1.807) is 24.3 Å². The van der Waals surface area contributed by atoms with Gasteiger partial charge in [0.25, 0.3) is 0 Å². The molecule has 2 aliphatic heterocycles. The number of hydrogen-bond acceptors (Lipinski definition) is 6. The van der Waals surface area contributed by atoms with E-state index in [1.807, 2.05) is 6.07 Å². The topological polar surface area (TPSA) is 113 Å². The third kappa shape index (κ3) is 4.13. The number of carboxylic acid groups (broad SMARTS) is 1. The normalized spacial score (nSPS) is 19.7. The maximum Gasteiger partial charge on any atom is 0.352 e. The van der Waals surface area contributed by atoms with Crippen molar-refractivity contribution in [2.45, 2.75) is 31.4 Å². The summed E-state index contributed by atoms with van der Waals surface area (Å²) in [5.41, 5.74) is 0.731. The summed E-state index contributed by atoms with van der Waals surface area (Å²) in [5.74, 6) is -2.46. The number of carbonyl (C=O) groups excluding carboxylic acids is 3. The highest BCUT2D eigenvalue weighted by atomic mass is 32.2. The first-order valence-electron chi connectivity index (χ1n) is 8.27. The number of hydrogen-bond donors (Lipinski definition) is 2. The van der Waals surface area contributed by atoms with Crippen LogP contribution in [0.5, 0.6) is 0 Å². The zero-order valence-corrected chi connectivity index (χ0v) is 15.3. The van der Waals surface area contributed by atoms with Crippen molar-refractivity contribution in [2.75, 3.05) is 5.75 Å². The number of thioether (sulfide) groups is 1. The number of carboxylic acids is 1. The SMILES string of the molecule is CC(=O)OC(NC(=O)Cc1ccccc1)C1=C(C(=O)O)N2C(=O)C[C@H]2SC1. The lowest BCUT2D eigenvalue weighted by Gasteiger charge is -2.44. The first-order chi connectivity index (χ1) is 12.9. The zero-order valence-electron chi connectivity index (χ0n) is 14.5. The number of esters is 1. The minimum absolute atomic E-state index is 0.0483. The number of carbonyl (C=O) groups is 4. The molecule has 2 amide bonds. The van der Waals surface area contributed by atoms with Crippen molar-refractivity contribution in [1.29, 1.82) is 0 Å². The van der Waals surface area contributed by atoms with Crippen LogP contribution in [0, 0.1) is 0 Å². The van der Waals surface area contributed by atoms with E-state index < -0.39 is 24.1 Å². The average Bonchev–Trinajstić information content (AvgIpc) is 2.60. The molecule has 1 saturated heterocycles. The van der Waals surface area contributed by atoms with Gasteiger partial charge >= 0.3 is 11.9 Å². The second kappa shape index (κ2) is 7.83. The van der Waals surface area contributed by atoms with E-state index in [0.29, 0.717) is 0 Å². The molecule has 0 saturated carbocycles. The third-order valence-corrected chi connectivity index (χ3v) is 5.42. The molecule has 0 spiro atoms. The molecule has 0 radical (unpaired) electrons. The molecule has 8 nitrogen and oxygen atoms in total. The van der Waals surface area contributed by atoms with Gasteiger partial charge in [-0.2, -0.15) is 0 Å². The number of rotatable bonds is 6. The Morgan fingerprint density at radius 1 is 1.33 bits per heavy atom. The van der Waals surface area contributed by atoms with Gasteiger partial charge in [0.2, 0.25) is 18.0 Å². The van der Waals surface area contributed by atoms with Crippen molar-refractivity contribution in [1.82, 2.24) is 10.2 Å². The standard InChI is InChI=1S/C18H18N2O6S/c1-10(21)26-17(19-13(22)7-11-5-3-2-4-6-11)12-9-27-15-8-14(23)20(15)16(12)18(24)25/h2-6,15,17H,7-9H2,1H3,(H,19,22)(H,24,25)/t15-,17?/m1/s1. The Kier molecular flexibility index (Phi) is 5.50. The molecule has 0 aliphatic carbocycles. The van der Waals surface area contributed by atoms with Crippen molar-refractivity contribution in [3.63, 3.8) is 0 Å². The number of benzene rings is 1. The van der Waals surface area contributed by atoms with Crippen LogP contribution in [0.1, 0.15) is 18.9 Å². The lowest BCUT2D eigenvalue weighted by atomic mass is 10.1. The molecule has 1 aromatic rings. The Morgan fingerprint density at radius 3 is 2.63 bits per heavy atom. The zero-order chi connectivity index (χ0) is 19.6. The van der Waals surface area contributed by atoms with Gasteiger partial charge < -0.3 is 15.2 Å². The van der Waals surface area contributed by atoms with E-state index in [2.05, 4.69) is 5.32 Å². The van der Waals surface area contributed by atoms with E-state index in [4.69, 9.17) is 4.74 Å². The number of nitrogens with one attached hydrogen (secondary N) is 1. The number of nitrogens with zero attached hydrogens (tertiary/aromatic N) is 1. The van der Waals surface area contributed by atoms with Gasteiger partial charge in [0.1, 0.15) is 5.70 Å². The highest BCUT2D eigenvalue weighted by molar-refractivity contribution is 8.00. The molecule has 2 atom stereocenters. The van der Waals surface area contributed by atoms with E-state index in [9.17, 15) is 24.3 Å². The van der Waals surface area contributed by atoms with Crippen molar-refractivity contribution in [3.8, 4) is 0 Å². The van der Waals surface area contributed by atoms with Crippen molar-refractivity contribution in [2.24, 2.45) is 0 Å². The number of aliphatic carboxylic acids is 1. The quantitative estimate of drug-likeness (QED) is 0.421. The van der Waals surface area contributed by atoms with Crippen LogP contribution in [0.2, 0.25) is 0 Å². The maximum atomic E-state index is 12.4. The minimum Gasteiger partial charge on any atom is -0.477 e. The lowest BCUT2D eigenvalue weighted by molar-refractivity contribution is -0.149. The fourth-order valence-electron chi connectivity index (χ4n) is 2.97. The molecule has 1 unspecified atom stereocenters. The van der Waals surface area contributed by atoms with Crippen LogP contribution in [0.4, 0.5) is 0 Å². The summed E-state index contributed by atoms with van der Waals surface area (Å²) in [6.07, 6.45) is -0.924. The summed E-state index contributed by atoms with van der Waals surface area (Å²) >= 11 is 1.37. The van der Waals surface area contributed by atoms with Gasteiger partial charge in [-0.15, -0.1) is 11.8 Å². The summed E-state index contributed by atoms with van der Waals surface area (Å²) in [6, 6.07) is 8.98. The molecule has 1 aromatic carbocycles. The smallest absolute Gasteiger partial charge is 0.352 e. The summed E-state index contributed by atoms with van der Waals surface area (Å²) in [4.78, 5) is 48.7. The predicted molar refractivity (Wildman–Crippen MR) is 96.2 cm³/mol. The van der Waals surface area contributed by atoms with Crippen molar-refractivity contribution >= 4 is 35.5 Å². The van der Waals surface area contributed by atoms with Crippen LogP contribution in [-0.2, 0) is 30.3 Å². The number of β-lactam (4-membered cyclic amide) rings is 1. The van der Waals surface area contributed by atoms with E-state index in [1.165, 1.54) is 23.6 Å². The van der Waals surface area contributed by atoms with E-state index in [0.717, 1.165) is 5.56 Å². The minimum atomic E-state index is -1.29. The van der Waals surface area contributed by atoms with Gasteiger partial charge in [-0.1, -0.05) is 30.3 Å². The Morgan fingerprint density at radius 2 is 2.04 bits per heavy atom. The van der Waals surface area contributed by atoms with Crippen LogP contribution >= 0.6 is 11.8 Å². The van der Waals surface area contributed by atoms with Crippen molar-refractivity contribution in [3.05, 3.63) is 47.2 Å². The monoisotopic (exact) mass is 390 g/mol. The highest BCUT2D eigenvalue weighted by Gasteiger charge is 2.47. The Balaban J connectivity index is 1.85. The second-order valence-electron chi connectivity index (χ2n) is 6.13. The van der Waals surface area contributed by atoms with Gasteiger partial charge in [0.15, 0.2) is 0 Å². The van der Waals surface area contributed by atoms with Crippen LogP contribution in [-0.4, -0.2) is 51.1 Å². The fourth-order valence-corrected chi connectivity index (χ4v) is 4.26. The third-order valence-electron chi connectivity index (χ3n) is 4.18. The fraction of sp³-hybridized carbons (Fsp3) is 0.333. The first-order valence-corrected chi connectivity index (χ1v) is 9.32. The first kappa shape index (κ1) is 19.0. The molecule has 142 valence electrons. The molecule has 2 N–H and O–H groups in total. The molecule has 9 heteroatoms. The average molecular weight is 390 g/mol. The Bertz CT molecular complexity index is 822. The molecule has 2 aliphatic rings. The van der Waals surface area contributed by atoms with Gasteiger partial charge in [0.05, 0.1) is 18.2 Å². The Labute approximate surface area is 159 Å². The van der Waals surface area contributed by atoms with Crippen molar-refractivity contribution < 1.29 is 29.0 Å². The predicted octanol–water partition coefficient (Wildman–Crippen LogP) is 0.878. The molecule has 1 fully saturated rings. The van der Waals surface area contributed by atoms with E-state index in [-0.39, 0.29) is 41.1 Å². The molecule has 0 aromatic heterocycles. The Hall–Kier alpha value is -2.81. The summed E-state index contributed by atoms with van der Waals surface area (Å²) in [6.45, 7) is 1.17. The van der Waals surface area contributed by atoms with Crippen LogP contribution < -0.4 is 5.32 Å². The molecule has 27 heavy (non-hydrogen) atoms. The van der Waals surface area contributed by atoms with Crippen LogP contribution in [0.3, 0.4) is 0 Å². The van der Waals surface area contributed by atoms with E-state index >= 15 is 0 Å². The summed E-state index contributed by atoms with van der Waals surface area (Å²) < 4.78 is 5.18. The van der Waals surface area contributed by atoms with Crippen LogP contribution in [0.25, 0.3) is 0 Å². The molecular formula is C18H18N2O6S.